The van der Waals surface area contributed by atoms with E-state index in [2.05, 4.69) is 20.4 Å². The van der Waals surface area contributed by atoms with Crippen LogP contribution in [0.25, 0.3) is 21.3 Å². The van der Waals surface area contributed by atoms with Gasteiger partial charge in [-0.05, 0) is 24.4 Å². The number of carbonyl (C=O) groups excluding carboxylic acids is 1. The molecule has 0 aromatic carbocycles. The molecule has 1 amide bonds. The Hall–Kier alpha value is -4.06. The van der Waals surface area contributed by atoms with E-state index in [9.17, 15) is 9.59 Å². The molecule has 4 heterocycles. The molecule has 0 spiro atoms. The summed E-state index contributed by atoms with van der Waals surface area (Å²) >= 11 is 1.43. The Morgan fingerprint density at radius 2 is 2.19 bits per heavy atom. The molecule has 11 nitrogen and oxygen atoms in total. The SMILES string of the molecule is COc1ccc(Cn2ncc3c4sc(CC(=N)/C=C\N)nc4n(C)c3c2=O)nc1NC=O. The average Bonchev–Trinajstić information content (AvgIpc) is 3.29. The van der Waals surface area contributed by atoms with Gasteiger partial charge >= 0.3 is 0 Å². The van der Waals surface area contributed by atoms with E-state index in [1.165, 1.54) is 35.4 Å². The van der Waals surface area contributed by atoms with Crippen molar-refractivity contribution in [2.24, 2.45) is 12.8 Å². The van der Waals surface area contributed by atoms with Gasteiger partial charge in [0.25, 0.3) is 5.56 Å². The fourth-order valence-electron chi connectivity index (χ4n) is 3.41. The highest BCUT2D eigenvalue weighted by atomic mass is 32.1. The quantitative estimate of drug-likeness (QED) is 0.270. The van der Waals surface area contributed by atoms with Crippen LogP contribution in [-0.4, -0.2) is 43.5 Å². The van der Waals surface area contributed by atoms with Gasteiger partial charge in [-0.15, -0.1) is 11.3 Å². The van der Waals surface area contributed by atoms with Crippen molar-refractivity contribution in [3.63, 3.8) is 0 Å². The Bertz CT molecular complexity index is 1430. The Labute approximate surface area is 185 Å². The van der Waals surface area contributed by atoms with Crippen LogP contribution >= 0.6 is 11.3 Å². The summed E-state index contributed by atoms with van der Waals surface area (Å²) in [6.45, 7) is 0.117. The molecule has 32 heavy (non-hydrogen) atoms. The van der Waals surface area contributed by atoms with E-state index in [0.29, 0.717) is 46.5 Å². The Balaban J connectivity index is 1.72. The molecule has 0 saturated carbocycles. The third-order valence-corrected chi connectivity index (χ3v) is 5.93. The van der Waals surface area contributed by atoms with Gasteiger partial charge in [-0.1, -0.05) is 0 Å². The molecule has 0 saturated heterocycles. The monoisotopic (exact) mass is 452 g/mol. The topological polar surface area (TPSA) is 154 Å². The molecule has 4 aromatic rings. The van der Waals surface area contributed by atoms with Crippen molar-refractivity contribution in [2.75, 3.05) is 12.4 Å². The number of aryl methyl sites for hydroxylation is 1. The van der Waals surface area contributed by atoms with Crippen LogP contribution in [0.3, 0.4) is 0 Å². The smallest absolute Gasteiger partial charge is 0.291 e. The van der Waals surface area contributed by atoms with Gasteiger partial charge in [0.2, 0.25) is 6.41 Å². The number of aromatic nitrogens is 5. The van der Waals surface area contributed by atoms with Crippen LogP contribution in [0.15, 0.2) is 35.4 Å². The summed E-state index contributed by atoms with van der Waals surface area (Å²) in [5.74, 6) is 0.677. The fraction of sp³-hybridized carbons (Fsp3) is 0.200. The number of thiazole rings is 1. The van der Waals surface area contributed by atoms with Crippen LogP contribution < -0.4 is 21.3 Å². The summed E-state index contributed by atoms with van der Waals surface area (Å²) in [6, 6.07) is 3.37. The van der Waals surface area contributed by atoms with Gasteiger partial charge in [-0.2, -0.15) is 5.10 Å². The van der Waals surface area contributed by atoms with E-state index in [1.54, 1.807) is 29.9 Å². The number of hydrogen-bond donors (Lipinski definition) is 3. The van der Waals surface area contributed by atoms with E-state index in [-0.39, 0.29) is 17.9 Å². The average molecular weight is 453 g/mol. The predicted octanol–water partition coefficient (Wildman–Crippen LogP) is 1.40. The molecule has 4 rings (SSSR count). The first-order valence-electron chi connectivity index (χ1n) is 9.50. The van der Waals surface area contributed by atoms with Crippen LogP contribution in [0, 0.1) is 5.41 Å². The number of pyridine rings is 1. The largest absolute Gasteiger partial charge is 0.493 e. The molecule has 0 aliphatic rings. The molecular weight excluding hydrogens is 432 g/mol. The first-order chi connectivity index (χ1) is 15.5. The Morgan fingerprint density at radius 3 is 2.91 bits per heavy atom. The van der Waals surface area contributed by atoms with Gasteiger partial charge in [-0.25, -0.2) is 14.6 Å². The van der Waals surface area contributed by atoms with Crippen molar-refractivity contribution in [1.82, 2.24) is 24.3 Å². The van der Waals surface area contributed by atoms with Crippen molar-refractivity contribution in [3.8, 4) is 5.75 Å². The Morgan fingerprint density at radius 1 is 1.38 bits per heavy atom. The molecule has 0 unspecified atom stereocenters. The summed E-state index contributed by atoms with van der Waals surface area (Å²) in [7, 11) is 3.26. The summed E-state index contributed by atoms with van der Waals surface area (Å²) in [5, 5.41) is 16.2. The number of carbonyl (C=O) groups is 1. The number of allylic oxidation sites excluding steroid dienone is 1. The maximum atomic E-state index is 13.2. The number of nitrogens with zero attached hydrogens (tertiary/aromatic N) is 5. The first kappa shape index (κ1) is 21.2. The van der Waals surface area contributed by atoms with Gasteiger partial charge in [0.15, 0.2) is 17.2 Å². The summed E-state index contributed by atoms with van der Waals surface area (Å²) in [6.07, 6.45) is 5.36. The number of rotatable bonds is 8. The third kappa shape index (κ3) is 3.71. The highest BCUT2D eigenvalue weighted by molar-refractivity contribution is 7.19. The van der Waals surface area contributed by atoms with E-state index >= 15 is 0 Å². The number of hydrogen-bond acceptors (Lipinski definition) is 9. The first-order valence-corrected chi connectivity index (χ1v) is 10.3. The molecule has 0 aliphatic carbocycles. The van der Waals surface area contributed by atoms with Crippen molar-refractivity contribution in [2.45, 2.75) is 13.0 Å². The summed E-state index contributed by atoms with van der Waals surface area (Å²) < 4.78 is 9.08. The van der Waals surface area contributed by atoms with Crippen LogP contribution in [0.4, 0.5) is 5.82 Å². The van der Waals surface area contributed by atoms with Crippen LogP contribution in [0.2, 0.25) is 0 Å². The minimum atomic E-state index is -0.280. The predicted molar refractivity (Wildman–Crippen MR) is 122 cm³/mol. The van der Waals surface area contributed by atoms with E-state index in [0.717, 1.165) is 9.71 Å². The molecule has 0 bridgehead atoms. The fourth-order valence-corrected chi connectivity index (χ4v) is 4.54. The van der Waals surface area contributed by atoms with Crippen LogP contribution in [0.1, 0.15) is 10.7 Å². The normalized spacial score (nSPS) is 11.4. The molecule has 164 valence electrons. The van der Waals surface area contributed by atoms with E-state index in [1.807, 2.05) is 0 Å². The second-order valence-electron chi connectivity index (χ2n) is 6.87. The summed E-state index contributed by atoms with van der Waals surface area (Å²) in [4.78, 5) is 32.9. The van der Waals surface area contributed by atoms with Crippen molar-refractivity contribution in [3.05, 3.63) is 51.7 Å². The zero-order chi connectivity index (χ0) is 22.8. The number of amides is 1. The lowest BCUT2D eigenvalue weighted by Gasteiger charge is -2.09. The van der Waals surface area contributed by atoms with Gasteiger partial charge in [0.05, 0.1) is 30.2 Å². The third-order valence-electron chi connectivity index (χ3n) is 4.85. The molecule has 0 radical (unpaired) electrons. The minimum absolute atomic E-state index is 0.117. The molecule has 12 heteroatoms. The lowest BCUT2D eigenvalue weighted by atomic mass is 10.3. The minimum Gasteiger partial charge on any atom is -0.493 e. The molecule has 4 N–H and O–H groups in total. The van der Waals surface area contributed by atoms with Gasteiger partial charge < -0.3 is 25.8 Å². The second kappa shape index (κ2) is 8.59. The zero-order valence-corrected chi connectivity index (χ0v) is 18.1. The van der Waals surface area contributed by atoms with Crippen molar-refractivity contribution >= 4 is 50.5 Å². The zero-order valence-electron chi connectivity index (χ0n) is 17.3. The number of methoxy groups -OCH3 is 1. The number of fused-ring (bicyclic) bond motifs is 3. The maximum Gasteiger partial charge on any atom is 0.291 e. The second-order valence-corrected chi connectivity index (χ2v) is 7.95. The highest BCUT2D eigenvalue weighted by Crippen LogP contribution is 2.31. The van der Waals surface area contributed by atoms with Gasteiger partial charge in [0, 0.05) is 24.6 Å². The molecule has 4 aromatic heterocycles. The number of nitrogens with one attached hydrogen (secondary N) is 2. The van der Waals surface area contributed by atoms with Crippen LogP contribution in [0.5, 0.6) is 5.75 Å². The molecule has 0 atom stereocenters. The van der Waals surface area contributed by atoms with E-state index < -0.39 is 0 Å². The van der Waals surface area contributed by atoms with Crippen LogP contribution in [-0.2, 0) is 24.8 Å². The van der Waals surface area contributed by atoms with Crippen molar-refractivity contribution < 1.29 is 9.53 Å². The van der Waals surface area contributed by atoms with Gasteiger partial charge in [0.1, 0.15) is 10.5 Å². The van der Waals surface area contributed by atoms with E-state index in [4.69, 9.17) is 15.9 Å². The number of ether oxygens (including phenoxy) is 1. The van der Waals surface area contributed by atoms with Crippen molar-refractivity contribution in [1.29, 1.82) is 5.41 Å². The van der Waals surface area contributed by atoms with Gasteiger partial charge in [-0.3, -0.25) is 9.59 Å². The lowest BCUT2D eigenvalue weighted by molar-refractivity contribution is -0.105. The standard InChI is InChI=1S/C20H20N8O3S/c1-27-16-13(17-19(27)26-15(32-17)7-11(22)5-6-21)8-24-28(20(16)30)9-12-3-4-14(31-2)18(25-12)23-10-29/h3-6,8,10,22H,7,9,21H2,1-2H3,(H,23,25,29)/b6-5-,22-11?. The lowest BCUT2D eigenvalue weighted by Crippen LogP contribution is -2.25. The number of nitrogens with two attached hydrogens (primary N) is 1. The maximum absolute atomic E-state index is 13.2. The molecule has 0 fully saturated rings. The molecule has 0 aliphatic heterocycles. The summed E-state index contributed by atoms with van der Waals surface area (Å²) in [5.41, 5.74) is 7.10. The molecular formula is C20H20N8O3S. The highest BCUT2D eigenvalue weighted by Gasteiger charge is 2.19. The number of anilines is 1. The Kier molecular flexibility index (Phi) is 5.69.